The van der Waals surface area contributed by atoms with Crippen LogP contribution in [0, 0.1) is 10.1 Å². The molecule has 0 saturated carbocycles. The zero-order valence-electron chi connectivity index (χ0n) is 10.4. The highest BCUT2D eigenvalue weighted by atomic mass is 32.1. The number of aromatic hydroxyl groups is 1. The summed E-state index contributed by atoms with van der Waals surface area (Å²) < 4.78 is 0. The SMILES string of the molecule is O=[N+]([O-])c1ccc(O)c(C(=S)NCc2ccccc2)c1. The molecule has 0 unspecified atom stereocenters. The van der Waals surface area contributed by atoms with E-state index in [0.29, 0.717) is 6.54 Å². The van der Waals surface area contributed by atoms with Crippen LogP contribution in [0.5, 0.6) is 5.75 Å². The molecule has 0 aliphatic rings. The highest BCUT2D eigenvalue weighted by molar-refractivity contribution is 7.80. The molecule has 0 atom stereocenters. The predicted octanol–water partition coefficient (Wildman–Crippen LogP) is 2.77. The Bertz CT molecular complexity index is 644. The minimum absolute atomic E-state index is 0.0823. The monoisotopic (exact) mass is 288 g/mol. The summed E-state index contributed by atoms with van der Waals surface area (Å²) in [5.74, 6) is -0.0823. The highest BCUT2D eigenvalue weighted by Gasteiger charge is 2.13. The van der Waals surface area contributed by atoms with E-state index in [4.69, 9.17) is 12.2 Å². The van der Waals surface area contributed by atoms with Gasteiger partial charge in [-0.15, -0.1) is 0 Å². The lowest BCUT2D eigenvalue weighted by Gasteiger charge is -2.09. The third kappa shape index (κ3) is 3.30. The minimum atomic E-state index is -0.525. The first-order chi connectivity index (χ1) is 9.58. The lowest BCUT2D eigenvalue weighted by molar-refractivity contribution is -0.384. The Morgan fingerprint density at radius 3 is 2.60 bits per heavy atom. The van der Waals surface area contributed by atoms with Crippen LogP contribution in [0.15, 0.2) is 48.5 Å². The fourth-order valence-corrected chi connectivity index (χ4v) is 1.93. The van der Waals surface area contributed by atoms with Crippen molar-refractivity contribution in [3.05, 3.63) is 69.8 Å². The average molecular weight is 288 g/mol. The number of nitro groups is 1. The summed E-state index contributed by atoms with van der Waals surface area (Å²) in [6.45, 7) is 0.488. The van der Waals surface area contributed by atoms with Crippen LogP contribution in [0.1, 0.15) is 11.1 Å². The van der Waals surface area contributed by atoms with Crippen LogP contribution in [0.25, 0.3) is 0 Å². The van der Waals surface area contributed by atoms with Crippen molar-refractivity contribution in [3.63, 3.8) is 0 Å². The van der Waals surface area contributed by atoms with Crippen LogP contribution in [0.4, 0.5) is 5.69 Å². The van der Waals surface area contributed by atoms with Crippen LogP contribution in [-0.2, 0) is 6.54 Å². The molecule has 0 bridgehead atoms. The summed E-state index contributed by atoms with van der Waals surface area (Å²) in [6, 6.07) is 13.4. The fraction of sp³-hybridized carbons (Fsp3) is 0.0714. The van der Waals surface area contributed by atoms with E-state index in [9.17, 15) is 15.2 Å². The van der Waals surface area contributed by atoms with Crippen molar-refractivity contribution >= 4 is 22.9 Å². The molecule has 0 amide bonds. The number of nitrogens with zero attached hydrogens (tertiary/aromatic N) is 1. The van der Waals surface area contributed by atoms with Crippen molar-refractivity contribution in [1.29, 1.82) is 0 Å². The Morgan fingerprint density at radius 1 is 1.25 bits per heavy atom. The zero-order chi connectivity index (χ0) is 14.5. The number of phenols is 1. The second kappa shape index (κ2) is 6.12. The summed E-state index contributed by atoms with van der Waals surface area (Å²) in [5, 5.41) is 23.4. The van der Waals surface area contributed by atoms with Gasteiger partial charge in [-0.2, -0.15) is 0 Å². The number of phenolic OH excluding ortho intramolecular Hbond substituents is 1. The molecule has 102 valence electrons. The van der Waals surface area contributed by atoms with Crippen LogP contribution >= 0.6 is 12.2 Å². The molecule has 0 spiro atoms. The Hall–Kier alpha value is -2.47. The molecule has 0 fully saturated rings. The van der Waals surface area contributed by atoms with Gasteiger partial charge in [0.2, 0.25) is 0 Å². The van der Waals surface area contributed by atoms with Crippen LogP contribution < -0.4 is 5.32 Å². The van der Waals surface area contributed by atoms with E-state index in [2.05, 4.69) is 5.32 Å². The van der Waals surface area contributed by atoms with E-state index in [-0.39, 0.29) is 22.0 Å². The van der Waals surface area contributed by atoms with Gasteiger partial charge in [0, 0.05) is 18.7 Å². The molecule has 20 heavy (non-hydrogen) atoms. The number of nitrogens with one attached hydrogen (secondary N) is 1. The molecular formula is C14H12N2O3S. The Labute approximate surface area is 121 Å². The van der Waals surface area contributed by atoms with Gasteiger partial charge in [-0.25, -0.2) is 0 Å². The van der Waals surface area contributed by atoms with E-state index >= 15 is 0 Å². The summed E-state index contributed by atoms with van der Waals surface area (Å²) in [6.07, 6.45) is 0. The van der Waals surface area contributed by atoms with Gasteiger partial charge in [0.05, 0.1) is 10.5 Å². The molecule has 0 radical (unpaired) electrons. The van der Waals surface area contributed by atoms with Crippen molar-refractivity contribution in [2.45, 2.75) is 6.54 Å². The first kappa shape index (κ1) is 14.0. The molecule has 0 aliphatic heterocycles. The van der Waals surface area contributed by atoms with Crippen molar-refractivity contribution < 1.29 is 10.0 Å². The molecule has 0 saturated heterocycles. The first-order valence-corrected chi connectivity index (χ1v) is 6.28. The van der Waals surface area contributed by atoms with Crippen LogP contribution in [0.2, 0.25) is 0 Å². The Balaban J connectivity index is 2.13. The molecule has 2 N–H and O–H groups in total. The molecule has 0 heterocycles. The van der Waals surface area contributed by atoms with E-state index in [1.807, 2.05) is 30.3 Å². The van der Waals surface area contributed by atoms with Gasteiger partial charge in [-0.05, 0) is 11.6 Å². The van der Waals surface area contributed by atoms with E-state index < -0.39 is 4.92 Å². The summed E-state index contributed by atoms with van der Waals surface area (Å²) >= 11 is 5.16. The Morgan fingerprint density at radius 2 is 1.95 bits per heavy atom. The average Bonchev–Trinajstić information content (AvgIpc) is 2.46. The largest absolute Gasteiger partial charge is 0.507 e. The third-order valence-corrected chi connectivity index (χ3v) is 3.10. The lowest BCUT2D eigenvalue weighted by Crippen LogP contribution is -2.21. The van der Waals surface area contributed by atoms with Crippen LogP contribution in [0.3, 0.4) is 0 Å². The first-order valence-electron chi connectivity index (χ1n) is 5.87. The predicted molar refractivity (Wildman–Crippen MR) is 79.7 cm³/mol. The minimum Gasteiger partial charge on any atom is -0.507 e. The maximum absolute atomic E-state index is 10.7. The van der Waals surface area contributed by atoms with Crippen molar-refractivity contribution in [2.75, 3.05) is 0 Å². The van der Waals surface area contributed by atoms with Gasteiger partial charge in [0.1, 0.15) is 10.7 Å². The number of hydrogen-bond acceptors (Lipinski definition) is 4. The number of nitro benzene ring substituents is 1. The highest BCUT2D eigenvalue weighted by Crippen LogP contribution is 2.23. The molecule has 5 nitrogen and oxygen atoms in total. The van der Waals surface area contributed by atoms with Crippen molar-refractivity contribution in [2.24, 2.45) is 0 Å². The molecule has 2 rings (SSSR count). The maximum atomic E-state index is 10.7. The summed E-state index contributed by atoms with van der Waals surface area (Å²) in [7, 11) is 0. The van der Waals surface area contributed by atoms with Gasteiger partial charge in [0.15, 0.2) is 0 Å². The number of hydrogen-bond donors (Lipinski definition) is 2. The second-order valence-corrected chi connectivity index (χ2v) is 4.54. The smallest absolute Gasteiger partial charge is 0.270 e. The third-order valence-electron chi connectivity index (χ3n) is 2.73. The normalized spacial score (nSPS) is 10.0. The van der Waals surface area contributed by atoms with Gasteiger partial charge in [0.25, 0.3) is 5.69 Å². The zero-order valence-corrected chi connectivity index (χ0v) is 11.3. The number of benzene rings is 2. The number of rotatable bonds is 4. The summed E-state index contributed by atoms with van der Waals surface area (Å²) in [5.41, 5.74) is 1.17. The Kier molecular flexibility index (Phi) is 4.27. The van der Waals surface area contributed by atoms with Crippen molar-refractivity contribution in [1.82, 2.24) is 5.32 Å². The van der Waals surface area contributed by atoms with E-state index in [0.717, 1.165) is 5.56 Å². The van der Waals surface area contributed by atoms with Gasteiger partial charge >= 0.3 is 0 Å². The standard InChI is InChI=1S/C14H12N2O3S/c17-13-7-6-11(16(18)19)8-12(13)14(20)15-9-10-4-2-1-3-5-10/h1-8,17H,9H2,(H,15,20). The topological polar surface area (TPSA) is 75.4 Å². The number of thiocarbonyl (C=S) groups is 1. The van der Waals surface area contributed by atoms with E-state index in [1.54, 1.807) is 0 Å². The maximum Gasteiger partial charge on any atom is 0.270 e. The molecule has 0 aromatic heterocycles. The molecular weight excluding hydrogens is 276 g/mol. The molecule has 2 aromatic rings. The van der Waals surface area contributed by atoms with Crippen molar-refractivity contribution in [3.8, 4) is 5.75 Å². The van der Waals surface area contributed by atoms with Gasteiger partial charge in [-0.1, -0.05) is 42.5 Å². The lowest BCUT2D eigenvalue weighted by atomic mass is 10.1. The fourth-order valence-electron chi connectivity index (χ4n) is 1.69. The van der Waals surface area contributed by atoms with Crippen LogP contribution in [-0.4, -0.2) is 15.0 Å². The number of non-ortho nitro benzene ring substituents is 1. The van der Waals surface area contributed by atoms with Gasteiger partial charge in [-0.3, -0.25) is 10.1 Å². The molecule has 2 aromatic carbocycles. The molecule has 0 aliphatic carbocycles. The molecule has 6 heteroatoms. The van der Waals surface area contributed by atoms with E-state index in [1.165, 1.54) is 18.2 Å². The second-order valence-electron chi connectivity index (χ2n) is 4.13. The quantitative estimate of drug-likeness (QED) is 0.514. The van der Waals surface area contributed by atoms with Gasteiger partial charge < -0.3 is 10.4 Å². The summed E-state index contributed by atoms with van der Waals surface area (Å²) in [4.78, 5) is 10.5.